The van der Waals surface area contributed by atoms with Crippen LogP contribution in [0.15, 0.2) is 54.6 Å². The van der Waals surface area contributed by atoms with E-state index in [1.54, 1.807) is 41.3 Å². The number of alkyl halides is 3. The predicted octanol–water partition coefficient (Wildman–Crippen LogP) is 3.19. The van der Waals surface area contributed by atoms with Gasteiger partial charge in [0.05, 0.1) is 5.56 Å². The number of carbonyl (C=O) groups is 2. The van der Waals surface area contributed by atoms with Gasteiger partial charge in [-0.05, 0) is 18.2 Å². The number of primary amides is 1. The Morgan fingerprint density at radius 3 is 2.21 bits per heavy atom. The lowest BCUT2D eigenvalue weighted by Gasteiger charge is -2.37. The highest BCUT2D eigenvalue weighted by atomic mass is 19.4. The van der Waals surface area contributed by atoms with Crippen LogP contribution in [0.3, 0.4) is 0 Å². The van der Waals surface area contributed by atoms with Crippen molar-refractivity contribution in [2.45, 2.75) is 12.3 Å². The number of hydrogen-bond acceptors (Lipinski definition) is 4. The molecule has 0 spiro atoms. The smallest absolute Gasteiger partial charge is 0.416 e. The van der Waals surface area contributed by atoms with Crippen LogP contribution >= 0.6 is 0 Å². The Labute approximate surface area is 165 Å². The van der Waals surface area contributed by atoms with Gasteiger partial charge in [0.15, 0.2) is 0 Å². The molecule has 2 aromatic rings. The minimum Gasteiger partial charge on any atom is -0.431 e. The number of benzene rings is 2. The van der Waals surface area contributed by atoms with Crippen molar-refractivity contribution in [3.05, 3.63) is 65.7 Å². The molecule has 9 heteroatoms. The molecule has 0 radical (unpaired) electrons. The lowest BCUT2D eigenvalue weighted by Crippen LogP contribution is -2.50. The van der Waals surface area contributed by atoms with E-state index in [1.807, 2.05) is 0 Å². The fraction of sp³-hybridized carbons (Fsp3) is 0.300. The molecule has 1 saturated heterocycles. The highest BCUT2D eigenvalue weighted by molar-refractivity contribution is 5.84. The molecular weight excluding hydrogens is 387 g/mol. The van der Waals surface area contributed by atoms with Crippen molar-refractivity contribution >= 4 is 17.7 Å². The van der Waals surface area contributed by atoms with Crippen LogP contribution in [-0.4, -0.2) is 43.1 Å². The number of ether oxygens (including phenoxy) is 1. The molecule has 1 atom stereocenters. The average Bonchev–Trinajstić information content (AvgIpc) is 2.72. The van der Waals surface area contributed by atoms with Gasteiger partial charge >= 0.3 is 12.3 Å². The lowest BCUT2D eigenvalue weighted by molar-refractivity contribution is -0.141. The third kappa shape index (κ3) is 4.98. The fourth-order valence-corrected chi connectivity index (χ4v) is 3.23. The standard InChI is InChI=1S/C20H20F3N3O3/c21-20(22,23)15-7-4-8-16(13-15)25-9-11-26(12-10-25)18(27)17(29-19(24)28)14-5-2-1-3-6-14/h1-8,13,17H,9-12H2,(H2,24,28). The van der Waals surface area contributed by atoms with E-state index in [9.17, 15) is 22.8 Å². The summed E-state index contributed by atoms with van der Waals surface area (Å²) in [6.45, 7) is 1.26. The number of nitrogens with zero attached hydrogens (tertiary/aromatic N) is 2. The van der Waals surface area contributed by atoms with Crippen LogP contribution in [0.25, 0.3) is 0 Å². The molecule has 1 fully saturated rings. The molecule has 1 aliphatic heterocycles. The topological polar surface area (TPSA) is 75.9 Å². The molecule has 0 bridgehead atoms. The molecule has 1 unspecified atom stereocenters. The fourth-order valence-electron chi connectivity index (χ4n) is 3.23. The van der Waals surface area contributed by atoms with Crippen molar-refractivity contribution in [1.29, 1.82) is 0 Å². The molecular formula is C20H20F3N3O3. The first-order valence-electron chi connectivity index (χ1n) is 8.98. The first kappa shape index (κ1) is 20.5. The largest absolute Gasteiger partial charge is 0.431 e. The Hall–Kier alpha value is -3.23. The van der Waals surface area contributed by atoms with E-state index in [2.05, 4.69) is 0 Å². The third-order valence-electron chi connectivity index (χ3n) is 4.69. The number of rotatable bonds is 4. The van der Waals surface area contributed by atoms with E-state index in [4.69, 9.17) is 10.5 Å². The summed E-state index contributed by atoms with van der Waals surface area (Å²) in [7, 11) is 0. The maximum atomic E-state index is 12.9. The van der Waals surface area contributed by atoms with Gasteiger partial charge in [0.25, 0.3) is 5.91 Å². The molecule has 1 aliphatic rings. The Balaban J connectivity index is 1.69. The first-order chi connectivity index (χ1) is 13.8. The van der Waals surface area contributed by atoms with Gasteiger partial charge in [-0.15, -0.1) is 0 Å². The van der Waals surface area contributed by atoms with Crippen molar-refractivity contribution in [3.8, 4) is 0 Å². The Bertz CT molecular complexity index is 866. The van der Waals surface area contributed by atoms with Crippen LogP contribution in [0.2, 0.25) is 0 Å². The van der Waals surface area contributed by atoms with Gasteiger partial charge in [0.2, 0.25) is 6.10 Å². The number of hydrogen-bond donors (Lipinski definition) is 1. The van der Waals surface area contributed by atoms with Gasteiger partial charge in [-0.25, -0.2) is 4.79 Å². The molecule has 0 aromatic heterocycles. The monoisotopic (exact) mass is 407 g/mol. The predicted molar refractivity (Wildman–Crippen MR) is 100 cm³/mol. The molecule has 2 aromatic carbocycles. The van der Waals surface area contributed by atoms with E-state index >= 15 is 0 Å². The van der Waals surface area contributed by atoms with Crippen LogP contribution in [0, 0.1) is 0 Å². The maximum Gasteiger partial charge on any atom is 0.416 e. The van der Waals surface area contributed by atoms with Gasteiger partial charge in [-0.2, -0.15) is 13.2 Å². The minimum absolute atomic E-state index is 0.278. The molecule has 3 rings (SSSR count). The van der Waals surface area contributed by atoms with E-state index in [0.29, 0.717) is 24.3 Å². The van der Waals surface area contributed by atoms with Gasteiger partial charge in [-0.1, -0.05) is 36.4 Å². The number of carbonyl (C=O) groups excluding carboxylic acids is 2. The highest BCUT2D eigenvalue weighted by Gasteiger charge is 2.33. The number of amides is 2. The van der Waals surface area contributed by atoms with Crippen molar-refractivity contribution in [1.82, 2.24) is 4.90 Å². The molecule has 0 aliphatic carbocycles. The summed E-state index contributed by atoms with van der Waals surface area (Å²) in [5.74, 6) is -0.418. The summed E-state index contributed by atoms with van der Waals surface area (Å²) >= 11 is 0. The average molecular weight is 407 g/mol. The number of halogens is 3. The number of nitrogens with two attached hydrogens (primary N) is 1. The second-order valence-electron chi connectivity index (χ2n) is 6.59. The third-order valence-corrected chi connectivity index (χ3v) is 4.69. The van der Waals surface area contributed by atoms with E-state index < -0.39 is 29.8 Å². The summed E-state index contributed by atoms with van der Waals surface area (Å²) in [4.78, 5) is 27.4. The summed E-state index contributed by atoms with van der Waals surface area (Å²) < 4.78 is 43.8. The molecule has 2 N–H and O–H groups in total. The molecule has 6 nitrogen and oxygen atoms in total. The zero-order chi connectivity index (χ0) is 21.0. The Morgan fingerprint density at radius 1 is 0.966 bits per heavy atom. The zero-order valence-electron chi connectivity index (χ0n) is 15.4. The van der Waals surface area contributed by atoms with Crippen LogP contribution in [0.1, 0.15) is 17.2 Å². The molecule has 0 saturated carbocycles. The van der Waals surface area contributed by atoms with Crippen molar-refractivity contribution in [2.75, 3.05) is 31.1 Å². The van der Waals surface area contributed by atoms with Gasteiger partial charge in [0.1, 0.15) is 0 Å². The van der Waals surface area contributed by atoms with Crippen LogP contribution < -0.4 is 10.6 Å². The second kappa shape index (κ2) is 8.42. The molecule has 29 heavy (non-hydrogen) atoms. The number of anilines is 1. The second-order valence-corrected chi connectivity index (χ2v) is 6.59. The summed E-state index contributed by atoms with van der Waals surface area (Å²) in [5, 5.41) is 0. The highest BCUT2D eigenvalue weighted by Crippen LogP contribution is 2.32. The van der Waals surface area contributed by atoms with Crippen LogP contribution in [0.5, 0.6) is 0 Å². The van der Waals surface area contributed by atoms with Crippen molar-refractivity contribution in [3.63, 3.8) is 0 Å². The normalized spacial score (nSPS) is 15.7. The zero-order valence-corrected chi connectivity index (χ0v) is 15.4. The lowest BCUT2D eigenvalue weighted by atomic mass is 10.1. The Morgan fingerprint density at radius 2 is 1.62 bits per heavy atom. The molecule has 154 valence electrons. The first-order valence-corrected chi connectivity index (χ1v) is 8.98. The van der Waals surface area contributed by atoms with Crippen molar-refractivity contribution in [2.24, 2.45) is 5.73 Å². The van der Waals surface area contributed by atoms with Gasteiger partial charge in [-0.3, -0.25) is 4.79 Å². The quantitative estimate of drug-likeness (QED) is 0.845. The Kier molecular flexibility index (Phi) is 5.95. The summed E-state index contributed by atoms with van der Waals surface area (Å²) in [5.41, 5.74) is 5.34. The molecule has 1 heterocycles. The van der Waals surface area contributed by atoms with Crippen molar-refractivity contribution < 1.29 is 27.5 Å². The summed E-state index contributed by atoms with van der Waals surface area (Å²) in [6.07, 6.45) is -6.63. The van der Waals surface area contributed by atoms with Gasteiger partial charge < -0.3 is 20.3 Å². The summed E-state index contributed by atoms with van der Waals surface area (Å²) in [6, 6.07) is 13.6. The van der Waals surface area contributed by atoms with Crippen LogP contribution in [-0.2, 0) is 15.7 Å². The van der Waals surface area contributed by atoms with Crippen LogP contribution in [0.4, 0.5) is 23.7 Å². The minimum atomic E-state index is -4.41. The van der Waals surface area contributed by atoms with Gasteiger partial charge in [0, 0.05) is 37.4 Å². The van der Waals surface area contributed by atoms with E-state index in [0.717, 1.165) is 12.1 Å². The number of piperazine rings is 1. The van der Waals surface area contributed by atoms with E-state index in [1.165, 1.54) is 11.0 Å². The SMILES string of the molecule is NC(=O)OC(C(=O)N1CCN(c2cccc(C(F)(F)F)c2)CC1)c1ccccc1. The molecule has 2 amide bonds. The maximum absolute atomic E-state index is 12.9. The van der Waals surface area contributed by atoms with E-state index in [-0.39, 0.29) is 13.1 Å².